The van der Waals surface area contributed by atoms with Gasteiger partial charge in [0.2, 0.25) is 0 Å². The van der Waals surface area contributed by atoms with Crippen molar-refractivity contribution in [1.29, 1.82) is 0 Å². The number of ketones is 1. The largest absolute Gasteiger partial charge is 0.295 e. The maximum Gasteiger partial charge on any atom is 0.159 e. The first-order valence-corrected chi connectivity index (χ1v) is 9.05. The van der Waals surface area contributed by atoms with Crippen molar-refractivity contribution in [2.45, 2.75) is 32.1 Å². The second-order valence-electron chi connectivity index (χ2n) is 7.10. The normalized spacial score (nSPS) is 29.9. The maximum absolute atomic E-state index is 12.6. The Balaban J connectivity index is 1.82. The summed E-state index contributed by atoms with van der Waals surface area (Å²) in [7, 11) is 0. The fourth-order valence-corrected chi connectivity index (χ4v) is 5.00. The van der Waals surface area contributed by atoms with E-state index in [1.165, 1.54) is 10.5 Å². The smallest absolute Gasteiger partial charge is 0.159 e. The molecule has 22 heavy (non-hydrogen) atoms. The zero-order valence-electron chi connectivity index (χ0n) is 13.6. The van der Waals surface area contributed by atoms with Gasteiger partial charge in [-0.05, 0) is 48.8 Å². The third kappa shape index (κ3) is 2.94. The van der Waals surface area contributed by atoms with Gasteiger partial charge in [0.25, 0.3) is 0 Å². The van der Waals surface area contributed by atoms with Crippen LogP contribution in [0.15, 0.2) is 59.0 Å². The Bertz CT molecular complexity index is 612. The lowest BCUT2D eigenvalue weighted by Gasteiger charge is -2.45. The van der Waals surface area contributed by atoms with Crippen LogP contribution in [0.25, 0.3) is 0 Å². The lowest BCUT2D eigenvalue weighted by molar-refractivity contribution is -0.123. The SMILES string of the molecule is CC1=CC[C@@H]2[C@@H](C(=O)C=CC2(C)C)[C@@H]1CSc1ccccc1. The summed E-state index contributed by atoms with van der Waals surface area (Å²) >= 11 is 1.87. The summed E-state index contributed by atoms with van der Waals surface area (Å²) < 4.78 is 0. The highest BCUT2D eigenvalue weighted by atomic mass is 32.2. The Labute approximate surface area is 137 Å². The number of rotatable bonds is 3. The van der Waals surface area contributed by atoms with Crippen LogP contribution in [0.3, 0.4) is 0 Å². The molecule has 1 nitrogen and oxygen atoms in total. The Kier molecular flexibility index (Phi) is 4.31. The van der Waals surface area contributed by atoms with Gasteiger partial charge in [-0.3, -0.25) is 4.79 Å². The van der Waals surface area contributed by atoms with E-state index in [2.05, 4.69) is 57.2 Å². The number of benzene rings is 1. The van der Waals surface area contributed by atoms with Gasteiger partial charge in [-0.1, -0.05) is 49.8 Å². The highest BCUT2D eigenvalue weighted by molar-refractivity contribution is 7.99. The van der Waals surface area contributed by atoms with Gasteiger partial charge < -0.3 is 0 Å². The standard InChI is InChI=1S/C20H24OS/c1-14-9-10-17-19(18(21)11-12-20(17,2)3)16(14)13-22-15-7-5-4-6-8-15/h4-9,11-12,16-17,19H,10,13H2,1-3H3/t16-,17-,19+/m1/s1. The van der Waals surface area contributed by atoms with Crippen LogP contribution in [0.4, 0.5) is 0 Å². The number of allylic oxidation sites excluding steroid dienone is 4. The van der Waals surface area contributed by atoms with E-state index in [1.54, 1.807) is 0 Å². The maximum atomic E-state index is 12.6. The van der Waals surface area contributed by atoms with Crippen LogP contribution in [0.1, 0.15) is 27.2 Å². The predicted molar refractivity (Wildman–Crippen MR) is 93.9 cm³/mol. The monoisotopic (exact) mass is 312 g/mol. The van der Waals surface area contributed by atoms with E-state index in [0.717, 1.165) is 12.2 Å². The Morgan fingerprint density at radius 3 is 2.68 bits per heavy atom. The summed E-state index contributed by atoms with van der Waals surface area (Å²) in [6, 6.07) is 10.5. The summed E-state index contributed by atoms with van der Waals surface area (Å²) in [6.45, 7) is 6.73. The molecule has 0 heterocycles. The fourth-order valence-electron chi connectivity index (χ4n) is 3.81. The van der Waals surface area contributed by atoms with Crippen molar-refractivity contribution in [3.05, 3.63) is 54.1 Å². The van der Waals surface area contributed by atoms with Crippen LogP contribution in [-0.2, 0) is 4.79 Å². The molecular weight excluding hydrogens is 288 g/mol. The summed E-state index contributed by atoms with van der Waals surface area (Å²) in [5, 5.41) is 0. The summed E-state index contributed by atoms with van der Waals surface area (Å²) in [6.07, 6.45) is 7.35. The lowest BCUT2D eigenvalue weighted by Crippen LogP contribution is -2.43. The summed E-state index contributed by atoms with van der Waals surface area (Å²) in [5.74, 6) is 2.27. The van der Waals surface area contributed by atoms with Crippen molar-refractivity contribution < 1.29 is 4.79 Å². The van der Waals surface area contributed by atoms with Gasteiger partial charge in [-0.2, -0.15) is 0 Å². The van der Waals surface area contributed by atoms with Gasteiger partial charge >= 0.3 is 0 Å². The lowest BCUT2D eigenvalue weighted by atomic mass is 9.59. The molecule has 0 aromatic heterocycles. The average Bonchev–Trinajstić information content (AvgIpc) is 2.51. The second-order valence-corrected chi connectivity index (χ2v) is 8.20. The van der Waals surface area contributed by atoms with Crippen molar-refractivity contribution in [1.82, 2.24) is 0 Å². The first-order valence-electron chi connectivity index (χ1n) is 8.06. The Hall–Kier alpha value is -1.28. The molecule has 0 amide bonds. The molecule has 3 atom stereocenters. The molecule has 0 aliphatic heterocycles. The number of carbonyl (C=O) groups is 1. The van der Waals surface area contributed by atoms with Crippen molar-refractivity contribution in [2.24, 2.45) is 23.2 Å². The van der Waals surface area contributed by atoms with Gasteiger partial charge in [0.15, 0.2) is 5.78 Å². The number of thioether (sulfide) groups is 1. The molecule has 1 aromatic carbocycles. The topological polar surface area (TPSA) is 17.1 Å². The molecule has 3 rings (SSSR count). The van der Waals surface area contributed by atoms with Crippen LogP contribution in [0.5, 0.6) is 0 Å². The molecule has 2 heteroatoms. The zero-order chi connectivity index (χ0) is 15.7. The van der Waals surface area contributed by atoms with E-state index in [-0.39, 0.29) is 11.3 Å². The average molecular weight is 312 g/mol. The number of hydrogen-bond donors (Lipinski definition) is 0. The molecule has 2 aliphatic carbocycles. The third-order valence-corrected chi connectivity index (χ3v) is 6.41. The van der Waals surface area contributed by atoms with Crippen molar-refractivity contribution in [3.63, 3.8) is 0 Å². The van der Waals surface area contributed by atoms with Crippen molar-refractivity contribution >= 4 is 17.5 Å². The zero-order valence-corrected chi connectivity index (χ0v) is 14.4. The first kappa shape index (κ1) is 15.6. The van der Waals surface area contributed by atoms with Gasteiger partial charge in [0, 0.05) is 16.6 Å². The van der Waals surface area contributed by atoms with Crippen LogP contribution in [0, 0.1) is 23.2 Å². The van der Waals surface area contributed by atoms with Gasteiger partial charge in [0.1, 0.15) is 0 Å². The second kappa shape index (κ2) is 6.08. The first-order chi connectivity index (χ1) is 10.5. The van der Waals surface area contributed by atoms with E-state index in [9.17, 15) is 4.79 Å². The molecule has 0 bridgehead atoms. The van der Waals surface area contributed by atoms with E-state index in [0.29, 0.717) is 17.6 Å². The quantitative estimate of drug-likeness (QED) is 0.567. The predicted octanol–water partition coefficient (Wildman–Crippen LogP) is 5.14. The molecule has 0 spiro atoms. The van der Waals surface area contributed by atoms with Gasteiger partial charge in [-0.15, -0.1) is 11.8 Å². The molecular formula is C20H24OS. The highest BCUT2D eigenvalue weighted by Gasteiger charge is 2.45. The van der Waals surface area contributed by atoms with Gasteiger partial charge in [0.05, 0.1) is 0 Å². The van der Waals surface area contributed by atoms with Crippen LogP contribution in [0.2, 0.25) is 0 Å². The molecule has 1 aromatic rings. The molecule has 0 N–H and O–H groups in total. The molecule has 0 fully saturated rings. The molecule has 0 saturated carbocycles. The number of fused-ring (bicyclic) bond motifs is 1. The van der Waals surface area contributed by atoms with Crippen LogP contribution in [-0.4, -0.2) is 11.5 Å². The number of hydrogen-bond acceptors (Lipinski definition) is 2. The van der Waals surface area contributed by atoms with E-state index < -0.39 is 0 Å². The minimum atomic E-state index is 0.117. The Morgan fingerprint density at radius 1 is 1.23 bits per heavy atom. The molecule has 2 aliphatic rings. The van der Waals surface area contributed by atoms with E-state index in [4.69, 9.17) is 0 Å². The highest BCUT2D eigenvalue weighted by Crippen LogP contribution is 2.49. The molecule has 0 radical (unpaired) electrons. The molecule has 116 valence electrons. The number of carbonyl (C=O) groups excluding carboxylic acids is 1. The Morgan fingerprint density at radius 2 is 1.95 bits per heavy atom. The minimum Gasteiger partial charge on any atom is -0.295 e. The third-order valence-electron chi connectivity index (χ3n) is 5.28. The summed E-state index contributed by atoms with van der Waals surface area (Å²) in [5.41, 5.74) is 1.51. The van der Waals surface area contributed by atoms with E-state index in [1.807, 2.05) is 23.9 Å². The van der Waals surface area contributed by atoms with E-state index >= 15 is 0 Å². The van der Waals surface area contributed by atoms with Crippen molar-refractivity contribution in [3.8, 4) is 0 Å². The molecule has 0 unspecified atom stereocenters. The summed E-state index contributed by atoms with van der Waals surface area (Å²) in [4.78, 5) is 13.8. The van der Waals surface area contributed by atoms with Crippen LogP contribution < -0.4 is 0 Å². The minimum absolute atomic E-state index is 0.117. The fraction of sp³-hybridized carbons (Fsp3) is 0.450. The van der Waals surface area contributed by atoms with Crippen LogP contribution >= 0.6 is 11.8 Å². The molecule has 0 saturated heterocycles. The van der Waals surface area contributed by atoms with Gasteiger partial charge in [-0.25, -0.2) is 0 Å². The van der Waals surface area contributed by atoms with Crippen molar-refractivity contribution in [2.75, 3.05) is 5.75 Å².